The van der Waals surface area contributed by atoms with E-state index in [2.05, 4.69) is 4.98 Å². The van der Waals surface area contributed by atoms with Gasteiger partial charge in [-0.1, -0.05) is 0 Å². The van der Waals surface area contributed by atoms with Crippen molar-refractivity contribution in [1.29, 1.82) is 0 Å². The Kier molecular flexibility index (Phi) is 3.62. The van der Waals surface area contributed by atoms with Gasteiger partial charge in [-0.3, -0.25) is 0 Å². The first-order valence-electron chi connectivity index (χ1n) is 4.92. The van der Waals surface area contributed by atoms with Crippen molar-refractivity contribution in [3.05, 3.63) is 15.2 Å². The van der Waals surface area contributed by atoms with Crippen molar-refractivity contribution in [2.24, 2.45) is 5.73 Å². The van der Waals surface area contributed by atoms with Crippen molar-refractivity contribution in [1.82, 2.24) is 4.98 Å². The number of carbonyl (C=O) groups excluding carboxylic acids is 1. The normalized spacial score (nSPS) is 32.9. The van der Waals surface area contributed by atoms with E-state index in [1.807, 2.05) is 0 Å². The number of amides is 1. The van der Waals surface area contributed by atoms with Crippen LogP contribution < -0.4 is 5.73 Å². The third-order valence-corrected chi connectivity index (χ3v) is 4.46. The average molecular weight is 307 g/mol. The van der Waals surface area contributed by atoms with E-state index in [1.54, 1.807) is 4.94 Å². The van der Waals surface area contributed by atoms with Gasteiger partial charge in [0.1, 0.15) is 0 Å². The molecule has 2 rings (SSSR count). The third kappa shape index (κ3) is 2.28. The van der Waals surface area contributed by atoms with E-state index in [0.29, 0.717) is 4.57 Å². The predicted molar refractivity (Wildman–Crippen MR) is 56.4 cm³/mol. The van der Waals surface area contributed by atoms with E-state index in [4.69, 9.17) is 15.6 Å². The molecule has 2 heterocycles. The minimum atomic E-state index is -1.15. The standard InChI is InChI=1S/C9H12N2O5Se/c10-8(15)3-2-17-9(11-3)7-6(14)5(13)4(1-12)16-7/h2,4-7,12-14H,1H2,(H2,10,15)/t4-,5+,6?,7-/m1/s1. The number of carbonyl (C=O) groups is 1. The molecule has 1 unspecified atom stereocenters. The summed E-state index contributed by atoms with van der Waals surface area (Å²) in [5.74, 6) is -0.631. The molecule has 1 aliphatic heterocycles. The Balaban J connectivity index is 2.19. The summed E-state index contributed by atoms with van der Waals surface area (Å²) in [6.45, 7) is -0.384. The van der Waals surface area contributed by atoms with Crippen LogP contribution >= 0.6 is 0 Å². The SMILES string of the molecule is NC(=O)c1c[se]c([C@@H]2O[C@H](CO)[C@H](O)C2O)n1. The van der Waals surface area contributed by atoms with E-state index in [1.165, 1.54) is 0 Å². The monoisotopic (exact) mass is 308 g/mol. The second-order valence-electron chi connectivity index (χ2n) is 3.69. The molecular formula is C9H12N2O5Se. The number of aromatic nitrogens is 1. The van der Waals surface area contributed by atoms with Gasteiger partial charge in [-0.05, 0) is 0 Å². The molecule has 0 radical (unpaired) electrons. The van der Waals surface area contributed by atoms with Crippen LogP contribution in [0.3, 0.4) is 0 Å². The quantitative estimate of drug-likeness (QED) is 0.453. The Morgan fingerprint density at radius 1 is 1.53 bits per heavy atom. The molecule has 17 heavy (non-hydrogen) atoms. The molecule has 94 valence electrons. The molecule has 0 bridgehead atoms. The van der Waals surface area contributed by atoms with Crippen molar-refractivity contribution in [2.45, 2.75) is 24.4 Å². The number of hydrogen-bond acceptors (Lipinski definition) is 6. The third-order valence-electron chi connectivity index (χ3n) is 2.56. The second kappa shape index (κ2) is 4.85. The number of primary amides is 1. The number of rotatable bonds is 3. The van der Waals surface area contributed by atoms with Crippen LogP contribution in [0.2, 0.25) is 0 Å². The molecule has 0 aliphatic carbocycles. The van der Waals surface area contributed by atoms with Crippen LogP contribution in [0.25, 0.3) is 0 Å². The fourth-order valence-electron chi connectivity index (χ4n) is 1.64. The van der Waals surface area contributed by atoms with Gasteiger partial charge < -0.3 is 0 Å². The van der Waals surface area contributed by atoms with Gasteiger partial charge in [-0.2, -0.15) is 0 Å². The Bertz CT molecular complexity index is 423. The fourth-order valence-corrected chi connectivity index (χ4v) is 3.48. The Morgan fingerprint density at radius 2 is 2.24 bits per heavy atom. The molecule has 1 fully saturated rings. The first-order chi connectivity index (χ1) is 8.04. The van der Waals surface area contributed by atoms with Gasteiger partial charge in [-0.15, -0.1) is 0 Å². The summed E-state index contributed by atoms with van der Waals surface area (Å²) in [5.41, 5.74) is 5.23. The van der Waals surface area contributed by atoms with Crippen LogP contribution in [0.5, 0.6) is 0 Å². The van der Waals surface area contributed by atoms with Gasteiger partial charge in [0.25, 0.3) is 0 Å². The zero-order valence-electron chi connectivity index (χ0n) is 8.68. The minimum absolute atomic E-state index is 0.151. The number of hydrogen-bond donors (Lipinski definition) is 4. The summed E-state index contributed by atoms with van der Waals surface area (Å²) in [6, 6.07) is 0. The molecule has 8 heteroatoms. The molecule has 4 atom stereocenters. The van der Waals surface area contributed by atoms with Crippen molar-refractivity contribution < 1.29 is 24.9 Å². The molecule has 1 saturated heterocycles. The molecular weight excluding hydrogens is 295 g/mol. The topological polar surface area (TPSA) is 126 Å². The van der Waals surface area contributed by atoms with Gasteiger partial charge >= 0.3 is 102 Å². The molecule has 1 aromatic heterocycles. The van der Waals surface area contributed by atoms with Crippen LogP contribution in [-0.2, 0) is 4.74 Å². The van der Waals surface area contributed by atoms with E-state index in [0.717, 1.165) is 0 Å². The molecule has 5 N–H and O–H groups in total. The molecule has 0 spiro atoms. The van der Waals surface area contributed by atoms with E-state index in [-0.39, 0.29) is 26.8 Å². The summed E-state index contributed by atoms with van der Waals surface area (Å²) in [6.07, 6.45) is -3.91. The van der Waals surface area contributed by atoms with E-state index >= 15 is 0 Å². The van der Waals surface area contributed by atoms with Crippen molar-refractivity contribution in [2.75, 3.05) is 6.61 Å². The van der Waals surface area contributed by atoms with Gasteiger partial charge in [-0.25, -0.2) is 0 Å². The van der Waals surface area contributed by atoms with Crippen molar-refractivity contribution >= 4 is 20.4 Å². The number of nitrogens with two attached hydrogens (primary N) is 1. The van der Waals surface area contributed by atoms with Crippen LogP contribution in [0.1, 0.15) is 21.2 Å². The van der Waals surface area contributed by atoms with Crippen molar-refractivity contribution in [3.63, 3.8) is 0 Å². The summed E-state index contributed by atoms with van der Waals surface area (Å²) in [7, 11) is 0. The number of aliphatic hydroxyl groups excluding tert-OH is 3. The Morgan fingerprint density at radius 3 is 2.71 bits per heavy atom. The summed E-state index contributed by atoms with van der Waals surface area (Å²) < 4.78 is 5.79. The molecule has 1 amide bonds. The summed E-state index contributed by atoms with van der Waals surface area (Å²) in [4.78, 5) is 16.5. The summed E-state index contributed by atoms with van der Waals surface area (Å²) >= 11 is -0.236. The van der Waals surface area contributed by atoms with Crippen LogP contribution in [0.4, 0.5) is 0 Å². The van der Waals surface area contributed by atoms with Gasteiger partial charge in [0, 0.05) is 0 Å². The second-order valence-corrected chi connectivity index (χ2v) is 5.56. The molecule has 0 aromatic carbocycles. The van der Waals surface area contributed by atoms with Gasteiger partial charge in [0.05, 0.1) is 0 Å². The molecule has 1 aliphatic rings. The van der Waals surface area contributed by atoms with E-state index < -0.39 is 30.3 Å². The maximum absolute atomic E-state index is 10.9. The van der Waals surface area contributed by atoms with Gasteiger partial charge in [0.2, 0.25) is 0 Å². The van der Waals surface area contributed by atoms with Crippen LogP contribution in [-0.4, -0.2) is 65.6 Å². The van der Waals surface area contributed by atoms with Crippen LogP contribution in [0, 0.1) is 0 Å². The number of ether oxygens (including phenoxy) is 1. The number of aliphatic hydroxyl groups is 3. The zero-order chi connectivity index (χ0) is 12.6. The Hall–Kier alpha value is -0.761. The maximum atomic E-state index is 10.9. The zero-order valence-corrected chi connectivity index (χ0v) is 10.4. The summed E-state index contributed by atoms with van der Waals surface area (Å²) in [5, 5.41) is 28.3. The first-order valence-corrected chi connectivity index (χ1v) is 6.77. The van der Waals surface area contributed by atoms with Crippen LogP contribution in [0.15, 0.2) is 4.94 Å². The average Bonchev–Trinajstić information content (AvgIpc) is 2.87. The molecule has 7 nitrogen and oxygen atoms in total. The number of nitrogens with zero attached hydrogens (tertiary/aromatic N) is 1. The van der Waals surface area contributed by atoms with Crippen molar-refractivity contribution in [3.8, 4) is 0 Å². The fraction of sp³-hybridized carbons (Fsp3) is 0.556. The van der Waals surface area contributed by atoms with Gasteiger partial charge in [0.15, 0.2) is 0 Å². The first kappa shape index (κ1) is 12.7. The predicted octanol–water partition coefficient (Wildman–Crippen LogP) is -2.61. The Labute approximate surface area is 103 Å². The molecule has 1 aromatic rings. The molecule has 0 saturated carbocycles. The van der Waals surface area contributed by atoms with E-state index in [9.17, 15) is 15.0 Å².